The SMILES string of the molecule is CS(=O)(=O)c1ccc(C(=O)Nc2ccc(Cl)c(-c3ccccn3)c2)c(-c2ccc(C(N)=O)cc2)c1. The predicted octanol–water partition coefficient (Wildman–Crippen LogP) is 4.82. The minimum absolute atomic E-state index is 0.0620. The zero-order valence-electron chi connectivity index (χ0n) is 18.5. The van der Waals surface area contributed by atoms with Gasteiger partial charge >= 0.3 is 0 Å². The van der Waals surface area contributed by atoms with Gasteiger partial charge in [0.2, 0.25) is 5.91 Å². The molecule has 1 aromatic heterocycles. The molecular formula is C26H20ClN3O4S. The first-order chi connectivity index (χ1) is 16.6. The monoisotopic (exact) mass is 505 g/mol. The van der Waals surface area contributed by atoms with Crippen LogP contribution in [0.2, 0.25) is 5.02 Å². The number of amides is 2. The summed E-state index contributed by atoms with van der Waals surface area (Å²) >= 11 is 6.34. The van der Waals surface area contributed by atoms with Gasteiger partial charge in [-0.2, -0.15) is 0 Å². The first-order valence-corrected chi connectivity index (χ1v) is 12.7. The van der Waals surface area contributed by atoms with Gasteiger partial charge in [0, 0.05) is 34.8 Å². The number of carbonyl (C=O) groups excluding carboxylic acids is 2. The van der Waals surface area contributed by atoms with E-state index in [2.05, 4.69) is 10.3 Å². The van der Waals surface area contributed by atoms with Crippen molar-refractivity contribution in [3.63, 3.8) is 0 Å². The van der Waals surface area contributed by atoms with E-state index in [-0.39, 0.29) is 10.5 Å². The number of aromatic nitrogens is 1. The zero-order valence-corrected chi connectivity index (χ0v) is 20.1. The van der Waals surface area contributed by atoms with Gasteiger partial charge in [0.15, 0.2) is 9.84 Å². The van der Waals surface area contributed by atoms with E-state index in [1.54, 1.807) is 42.6 Å². The Morgan fingerprint density at radius 1 is 0.914 bits per heavy atom. The summed E-state index contributed by atoms with van der Waals surface area (Å²) in [5, 5.41) is 3.33. The third-order valence-corrected chi connectivity index (χ3v) is 6.75. The summed E-state index contributed by atoms with van der Waals surface area (Å²) in [5.41, 5.74) is 8.59. The quantitative estimate of drug-likeness (QED) is 0.389. The highest BCUT2D eigenvalue weighted by Gasteiger charge is 2.18. The number of nitrogens with zero attached hydrogens (tertiary/aromatic N) is 1. The lowest BCUT2D eigenvalue weighted by Gasteiger charge is -2.14. The van der Waals surface area contributed by atoms with Crippen LogP contribution in [0.25, 0.3) is 22.4 Å². The molecule has 7 nitrogen and oxygen atoms in total. The van der Waals surface area contributed by atoms with Crippen LogP contribution in [0.4, 0.5) is 5.69 Å². The van der Waals surface area contributed by atoms with E-state index in [9.17, 15) is 18.0 Å². The highest BCUT2D eigenvalue weighted by atomic mass is 35.5. The topological polar surface area (TPSA) is 119 Å². The number of pyridine rings is 1. The molecule has 0 radical (unpaired) electrons. The molecule has 0 bridgehead atoms. The first kappa shape index (κ1) is 24.1. The van der Waals surface area contributed by atoms with E-state index >= 15 is 0 Å². The Kier molecular flexibility index (Phi) is 6.68. The molecule has 35 heavy (non-hydrogen) atoms. The number of rotatable bonds is 6. The summed E-state index contributed by atoms with van der Waals surface area (Å²) in [6.45, 7) is 0. The normalized spacial score (nSPS) is 11.1. The number of carbonyl (C=O) groups is 2. The third kappa shape index (κ3) is 5.40. The molecule has 3 N–H and O–H groups in total. The van der Waals surface area contributed by atoms with E-state index in [4.69, 9.17) is 17.3 Å². The van der Waals surface area contributed by atoms with Gasteiger partial charge in [-0.25, -0.2) is 8.42 Å². The molecular weight excluding hydrogens is 486 g/mol. The molecule has 0 spiro atoms. The van der Waals surface area contributed by atoms with E-state index in [1.807, 2.05) is 12.1 Å². The molecule has 0 aliphatic rings. The van der Waals surface area contributed by atoms with Gasteiger partial charge < -0.3 is 11.1 Å². The molecule has 4 rings (SSSR count). The van der Waals surface area contributed by atoms with Crippen molar-refractivity contribution in [3.8, 4) is 22.4 Å². The third-order valence-electron chi connectivity index (χ3n) is 5.31. The molecule has 9 heteroatoms. The fourth-order valence-corrected chi connectivity index (χ4v) is 4.39. The van der Waals surface area contributed by atoms with E-state index < -0.39 is 21.7 Å². The van der Waals surface area contributed by atoms with Crippen LogP contribution in [0.3, 0.4) is 0 Å². The number of hydrogen-bond donors (Lipinski definition) is 2. The van der Waals surface area contributed by atoms with Crippen molar-refractivity contribution in [1.29, 1.82) is 0 Å². The van der Waals surface area contributed by atoms with Crippen LogP contribution in [0.1, 0.15) is 20.7 Å². The average Bonchev–Trinajstić information content (AvgIpc) is 2.85. The minimum atomic E-state index is -3.52. The summed E-state index contributed by atoms with van der Waals surface area (Å²) in [6, 6.07) is 21.0. The van der Waals surface area contributed by atoms with Crippen LogP contribution in [-0.2, 0) is 9.84 Å². The van der Waals surface area contributed by atoms with E-state index in [1.165, 1.54) is 30.3 Å². The number of benzene rings is 3. The molecule has 0 aliphatic carbocycles. The highest BCUT2D eigenvalue weighted by molar-refractivity contribution is 7.90. The van der Waals surface area contributed by atoms with Gasteiger partial charge in [-0.15, -0.1) is 0 Å². The summed E-state index contributed by atoms with van der Waals surface area (Å²) in [7, 11) is -3.52. The van der Waals surface area contributed by atoms with Gasteiger partial charge in [-0.1, -0.05) is 29.8 Å². The maximum Gasteiger partial charge on any atom is 0.256 e. The molecule has 176 valence electrons. The smallest absolute Gasteiger partial charge is 0.256 e. The highest BCUT2D eigenvalue weighted by Crippen LogP contribution is 2.31. The second-order valence-corrected chi connectivity index (χ2v) is 10.2. The van der Waals surface area contributed by atoms with E-state index in [0.29, 0.717) is 38.7 Å². The Morgan fingerprint density at radius 2 is 1.66 bits per heavy atom. The minimum Gasteiger partial charge on any atom is -0.366 e. The molecule has 2 amide bonds. The molecule has 1 heterocycles. The van der Waals surface area contributed by atoms with Crippen molar-refractivity contribution in [2.24, 2.45) is 5.73 Å². The Balaban J connectivity index is 1.74. The molecule has 0 atom stereocenters. The van der Waals surface area contributed by atoms with Gasteiger partial charge in [-0.3, -0.25) is 14.6 Å². The Labute approximate surface area is 207 Å². The number of nitrogens with two attached hydrogens (primary N) is 1. The molecule has 4 aromatic rings. The van der Waals surface area contributed by atoms with Crippen LogP contribution < -0.4 is 11.1 Å². The molecule has 3 aromatic carbocycles. The summed E-state index contributed by atoms with van der Waals surface area (Å²) in [5.74, 6) is -1.04. The van der Waals surface area contributed by atoms with Crippen LogP contribution in [0, 0.1) is 0 Å². The van der Waals surface area contributed by atoms with Crippen molar-refractivity contribution in [1.82, 2.24) is 4.98 Å². The van der Waals surface area contributed by atoms with Gasteiger partial charge in [0.05, 0.1) is 15.6 Å². The number of anilines is 1. The van der Waals surface area contributed by atoms with Gasteiger partial charge in [0.1, 0.15) is 0 Å². The van der Waals surface area contributed by atoms with Gasteiger partial charge in [0.25, 0.3) is 5.91 Å². The number of sulfone groups is 1. The molecule has 0 saturated carbocycles. The Morgan fingerprint density at radius 3 is 2.29 bits per heavy atom. The lowest BCUT2D eigenvalue weighted by molar-refractivity contribution is 0.0997. The molecule has 0 fully saturated rings. The van der Waals surface area contributed by atoms with Gasteiger partial charge in [-0.05, 0) is 71.8 Å². The molecule has 0 aliphatic heterocycles. The van der Waals surface area contributed by atoms with Crippen molar-refractivity contribution in [2.75, 3.05) is 11.6 Å². The zero-order chi connectivity index (χ0) is 25.2. The fraction of sp³-hybridized carbons (Fsp3) is 0.0385. The number of nitrogens with one attached hydrogen (secondary N) is 1. The summed E-state index contributed by atoms with van der Waals surface area (Å²) < 4.78 is 24.3. The Bertz CT molecular complexity index is 1540. The van der Waals surface area contributed by atoms with Crippen molar-refractivity contribution >= 4 is 38.9 Å². The standard InChI is InChI=1S/C26H20ClN3O4S/c1-35(33,34)19-10-11-20(21(15-19)16-5-7-17(8-6-16)25(28)31)26(32)30-18-9-12-23(27)22(14-18)24-4-2-3-13-29-24/h2-15H,1H3,(H2,28,31)(H,30,32). The largest absolute Gasteiger partial charge is 0.366 e. The second kappa shape index (κ2) is 9.69. The maximum absolute atomic E-state index is 13.3. The number of halogens is 1. The van der Waals surface area contributed by atoms with Crippen molar-refractivity contribution in [3.05, 3.63) is 101 Å². The number of hydrogen-bond acceptors (Lipinski definition) is 5. The first-order valence-electron chi connectivity index (χ1n) is 10.4. The summed E-state index contributed by atoms with van der Waals surface area (Å²) in [4.78, 5) is 29.1. The average molecular weight is 506 g/mol. The Hall–Kier alpha value is -4.01. The maximum atomic E-state index is 13.3. The summed E-state index contributed by atoms with van der Waals surface area (Å²) in [6.07, 6.45) is 2.74. The number of primary amides is 1. The van der Waals surface area contributed by atoms with Crippen molar-refractivity contribution < 1.29 is 18.0 Å². The fourth-order valence-electron chi connectivity index (χ4n) is 3.52. The van der Waals surface area contributed by atoms with Crippen LogP contribution in [0.5, 0.6) is 0 Å². The van der Waals surface area contributed by atoms with E-state index in [0.717, 1.165) is 6.26 Å². The predicted molar refractivity (Wildman–Crippen MR) is 136 cm³/mol. The van der Waals surface area contributed by atoms with Crippen molar-refractivity contribution in [2.45, 2.75) is 4.90 Å². The second-order valence-electron chi connectivity index (χ2n) is 7.78. The molecule has 0 saturated heterocycles. The van der Waals surface area contributed by atoms with Crippen LogP contribution in [-0.4, -0.2) is 31.5 Å². The lowest BCUT2D eigenvalue weighted by atomic mass is 9.98. The lowest BCUT2D eigenvalue weighted by Crippen LogP contribution is -2.14. The van der Waals surface area contributed by atoms with Crippen LogP contribution >= 0.6 is 11.6 Å². The molecule has 0 unspecified atom stereocenters. The van der Waals surface area contributed by atoms with Crippen LogP contribution in [0.15, 0.2) is 90.0 Å².